The van der Waals surface area contributed by atoms with E-state index in [0.717, 1.165) is 30.2 Å². The van der Waals surface area contributed by atoms with Gasteiger partial charge in [-0.25, -0.2) is 4.79 Å². The molecule has 1 aliphatic carbocycles. The van der Waals surface area contributed by atoms with Gasteiger partial charge in [-0.3, -0.25) is 9.55 Å². The van der Waals surface area contributed by atoms with Crippen molar-refractivity contribution in [3.63, 3.8) is 0 Å². The molecule has 3 aromatic heterocycles. The quantitative estimate of drug-likeness (QED) is 0.635. The molecule has 2 unspecified atom stereocenters. The number of imidazole rings is 1. The topological polar surface area (TPSA) is 105 Å². The summed E-state index contributed by atoms with van der Waals surface area (Å²) >= 11 is 0. The number of nitrogen functional groups attached to an aromatic ring is 1. The molecule has 1 aliphatic rings. The van der Waals surface area contributed by atoms with Crippen molar-refractivity contribution in [1.29, 1.82) is 0 Å². The molecule has 0 amide bonds. The number of nitrogens with zero attached hydrogens (tertiary/aromatic N) is 3. The van der Waals surface area contributed by atoms with E-state index < -0.39 is 0 Å². The van der Waals surface area contributed by atoms with Gasteiger partial charge < -0.3 is 10.7 Å². The molecule has 4 rings (SSSR count). The number of nitrogens with one attached hydrogen (secondary N) is 2. The lowest BCUT2D eigenvalue weighted by molar-refractivity contribution is 0.258. The van der Waals surface area contributed by atoms with Gasteiger partial charge >= 0.3 is 5.69 Å². The molecule has 2 atom stereocenters. The fourth-order valence-corrected chi connectivity index (χ4v) is 3.60. The first kappa shape index (κ1) is 12.4. The lowest BCUT2D eigenvalue weighted by Crippen LogP contribution is -2.29. The lowest BCUT2D eigenvalue weighted by atomic mass is 9.85. The fourth-order valence-electron chi connectivity index (χ4n) is 3.60. The third kappa shape index (κ3) is 1.69. The highest BCUT2D eigenvalue weighted by molar-refractivity contribution is 6.06. The van der Waals surface area contributed by atoms with Crippen molar-refractivity contribution in [2.75, 3.05) is 5.73 Å². The van der Waals surface area contributed by atoms with Crippen LogP contribution in [-0.2, 0) is 0 Å². The van der Waals surface area contributed by atoms with Crippen molar-refractivity contribution >= 4 is 27.9 Å². The van der Waals surface area contributed by atoms with Gasteiger partial charge in [0.2, 0.25) is 0 Å². The van der Waals surface area contributed by atoms with E-state index in [1.54, 1.807) is 6.20 Å². The van der Waals surface area contributed by atoms with Gasteiger partial charge in [0.15, 0.2) is 11.3 Å². The average molecular weight is 286 g/mol. The summed E-state index contributed by atoms with van der Waals surface area (Å²) < 4.78 is 1.85. The highest BCUT2D eigenvalue weighted by Crippen LogP contribution is 2.36. The summed E-state index contributed by atoms with van der Waals surface area (Å²) in [4.78, 5) is 18.3. The predicted molar refractivity (Wildman–Crippen MR) is 81.1 cm³/mol. The molecule has 0 aromatic carbocycles. The standard InChI is InChI=1S/C14H18N6O/c1-7-4-2-3-5-9(7)20-11-10-8(15)6-16-12(10)18-19-13(11)17-14(20)21/h6-7,9H,2-5,15H2,1H3,(H,16,18)(H,17,19,21). The Bertz CT molecular complexity index is 873. The Morgan fingerprint density at radius 3 is 2.86 bits per heavy atom. The Morgan fingerprint density at radius 2 is 2.05 bits per heavy atom. The monoisotopic (exact) mass is 286 g/mol. The summed E-state index contributed by atoms with van der Waals surface area (Å²) in [5.74, 6) is 0.471. The van der Waals surface area contributed by atoms with Crippen LogP contribution in [0.4, 0.5) is 5.69 Å². The summed E-state index contributed by atoms with van der Waals surface area (Å²) in [6, 6.07) is 0.196. The smallest absolute Gasteiger partial charge is 0.328 e. The van der Waals surface area contributed by atoms with E-state index in [0.29, 0.717) is 22.9 Å². The molecule has 0 aliphatic heterocycles. The molecule has 0 spiro atoms. The van der Waals surface area contributed by atoms with Crippen molar-refractivity contribution in [3.8, 4) is 0 Å². The Balaban J connectivity index is 2.07. The van der Waals surface area contributed by atoms with Gasteiger partial charge in [-0.05, 0) is 18.8 Å². The molecule has 0 bridgehead atoms. The molecule has 4 N–H and O–H groups in total. The molecule has 0 saturated heterocycles. The number of aromatic amines is 2. The van der Waals surface area contributed by atoms with E-state index in [9.17, 15) is 4.79 Å². The largest absolute Gasteiger partial charge is 0.397 e. The first-order chi connectivity index (χ1) is 10.2. The number of fused-ring (bicyclic) bond motifs is 3. The summed E-state index contributed by atoms with van der Waals surface area (Å²) in [5, 5.41) is 8.98. The van der Waals surface area contributed by atoms with Gasteiger partial charge in [-0.15, -0.1) is 10.2 Å². The van der Waals surface area contributed by atoms with Crippen molar-refractivity contribution in [1.82, 2.24) is 24.7 Å². The van der Waals surface area contributed by atoms with Crippen LogP contribution < -0.4 is 11.4 Å². The Labute approximate surface area is 120 Å². The van der Waals surface area contributed by atoms with E-state index in [1.165, 1.54) is 6.42 Å². The molecule has 0 radical (unpaired) electrons. The van der Waals surface area contributed by atoms with Crippen LogP contribution in [0.1, 0.15) is 38.6 Å². The second-order valence-corrected chi connectivity index (χ2v) is 5.99. The van der Waals surface area contributed by atoms with Crippen LogP contribution in [0.2, 0.25) is 0 Å². The van der Waals surface area contributed by atoms with Crippen LogP contribution in [0.15, 0.2) is 11.0 Å². The van der Waals surface area contributed by atoms with Gasteiger partial charge in [-0.2, -0.15) is 0 Å². The van der Waals surface area contributed by atoms with Crippen molar-refractivity contribution < 1.29 is 0 Å². The minimum Gasteiger partial charge on any atom is -0.397 e. The summed E-state index contributed by atoms with van der Waals surface area (Å²) in [6.07, 6.45) is 6.25. The Morgan fingerprint density at radius 1 is 1.29 bits per heavy atom. The molecule has 1 saturated carbocycles. The first-order valence-corrected chi connectivity index (χ1v) is 7.40. The number of aromatic nitrogens is 5. The molecule has 3 heterocycles. The fraction of sp³-hybridized carbons (Fsp3) is 0.500. The number of nitrogens with two attached hydrogens (primary N) is 1. The first-order valence-electron chi connectivity index (χ1n) is 7.40. The molecular weight excluding hydrogens is 268 g/mol. The normalized spacial score (nSPS) is 23.1. The van der Waals surface area contributed by atoms with Gasteiger partial charge in [-0.1, -0.05) is 19.8 Å². The number of rotatable bonds is 1. The highest BCUT2D eigenvalue weighted by Gasteiger charge is 2.27. The number of hydrogen-bond donors (Lipinski definition) is 3. The highest BCUT2D eigenvalue weighted by atomic mass is 16.1. The van der Waals surface area contributed by atoms with Crippen LogP contribution in [0.5, 0.6) is 0 Å². The van der Waals surface area contributed by atoms with Crippen LogP contribution >= 0.6 is 0 Å². The molecule has 21 heavy (non-hydrogen) atoms. The lowest BCUT2D eigenvalue weighted by Gasteiger charge is -2.29. The zero-order valence-electron chi connectivity index (χ0n) is 11.9. The second kappa shape index (κ2) is 4.34. The maximum atomic E-state index is 12.4. The second-order valence-electron chi connectivity index (χ2n) is 5.99. The average Bonchev–Trinajstić information content (AvgIpc) is 2.99. The van der Waals surface area contributed by atoms with Crippen LogP contribution in [0.3, 0.4) is 0 Å². The van der Waals surface area contributed by atoms with Crippen LogP contribution in [-0.4, -0.2) is 24.7 Å². The van der Waals surface area contributed by atoms with Crippen LogP contribution in [0, 0.1) is 5.92 Å². The summed E-state index contributed by atoms with van der Waals surface area (Å²) in [5.41, 5.74) is 8.45. The zero-order chi connectivity index (χ0) is 14.6. The number of hydrogen-bond acceptors (Lipinski definition) is 4. The maximum absolute atomic E-state index is 12.4. The Hall–Kier alpha value is -2.31. The molecule has 7 nitrogen and oxygen atoms in total. The van der Waals surface area contributed by atoms with Gasteiger partial charge in [0.05, 0.1) is 11.1 Å². The van der Waals surface area contributed by atoms with E-state index in [1.807, 2.05) is 4.57 Å². The summed E-state index contributed by atoms with van der Waals surface area (Å²) in [6.45, 7) is 2.21. The predicted octanol–water partition coefficient (Wildman–Crippen LogP) is 1.93. The van der Waals surface area contributed by atoms with Crippen molar-refractivity contribution in [2.45, 2.75) is 38.6 Å². The molecular formula is C14H18N6O. The minimum atomic E-state index is -0.119. The third-order valence-electron chi connectivity index (χ3n) is 4.68. The SMILES string of the molecule is CC1CCCCC1n1c(=O)[nH]c2nnc3[nH]cc(N)c3c21. The van der Waals surface area contributed by atoms with Gasteiger partial charge in [0, 0.05) is 12.2 Å². The van der Waals surface area contributed by atoms with E-state index in [-0.39, 0.29) is 11.7 Å². The van der Waals surface area contributed by atoms with E-state index in [4.69, 9.17) is 5.73 Å². The molecule has 1 fully saturated rings. The van der Waals surface area contributed by atoms with Crippen molar-refractivity contribution in [2.24, 2.45) is 5.92 Å². The number of anilines is 1. The maximum Gasteiger partial charge on any atom is 0.328 e. The molecule has 7 heteroatoms. The van der Waals surface area contributed by atoms with Gasteiger partial charge in [0.1, 0.15) is 5.52 Å². The van der Waals surface area contributed by atoms with E-state index >= 15 is 0 Å². The van der Waals surface area contributed by atoms with Crippen molar-refractivity contribution in [3.05, 3.63) is 16.7 Å². The third-order valence-corrected chi connectivity index (χ3v) is 4.68. The van der Waals surface area contributed by atoms with E-state index in [2.05, 4.69) is 27.1 Å². The zero-order valence-corrected chi connectivity index (χ0v) is 11.9. The van der Waals surface area contributed by atoms with Crippen LogP contribution in [0.25, 0.3) is 22.2 Å². The summed E-state index contributed by atoms with van der Waals surface area (Å²) in [7, 11) is 0. The minimum absolute atomic E-state index is 0.119. The molecule has 3 aromatic rings. The van der Waals surface area contributed by atoms with Gasteiger partial charge in [0.25, 0.3) is 0 Å². The Kier molecular flexibility index (Phi) is 2.57. The number of H-pyrrole nitrogens is 2. The molecule has 110 valence electrons.